The van der Waals surface area contributed by atoms with E-state index in [4.69, 9.17) is 0 Å². The summed E-state index contributed by atoms with van der Waals surface area (Å²) in [6.45, 7) is 2.07. The number of halogens is 10. The van der Waals surface area contributed by atoms with Gasteiger partial charge in [0.05, 0.1) is 5.69 Å². The first-order valence-corrected chi connectivity index (χ1v) is 14.7. The van der Waals surface area contributed by atoms with E-state index >= 15 is 13.2 Å². The fraction of sp³-hybridized carbons (Fsp3) is 0.194. The van der Waals surface area contributed by atoms with Gasteiger partial charge in [-0.15, -0.1) is 0 Å². The van der Waals surface area contributed by atoms with Crippen LogP contribution < -0.4 is 4.74 Å². The van der Waals surface area contributed by atoms with Crippen molar-refractivity contribution in [3.63, 3.8) is 0 Å². The van der Waals surface area contributed by atoms with E-state index in [0.717, 1.165) is 43.4 Å². The molecule has 5 aromatic rings. The SMILES string of the molecule is CCCCCc1ccc(-c2cc(F)c(C(F)(F)Oc3ccc(-c4ccc(-c5cc(F)c(C(F)(F)F)c(F)c5)cc4)c(F)c3)c(F)c2)nc1. The van der Waals surface area contributed by atoms with E-state index in [9.17, 15) is 30.7 Å². The lowest BCUT2D eigenvalue weighted by Gasteiger charge is -2.20. The van der Waals surface area contributed by atoms with Gasteiger partial charge in [0.2, 0.25) is 0 Å². The second kappa shape index (κ2) is 13.7. The van der Waals surface area contributed by atoms with Crippen LogP contribution in [0.1, 0.15) is 42.9 Å². The number of rotatable bonds is 10. The lowest BCUT2D eigenvalue weighted by Crippen LogP contribution is -2.25. The molecule has 0 N–H and O–H groups in total. The van der Waals surface area contributed by atoms with Crippen LogP contribution in [0.15, 0.2) is 85.1 Å². The van der Waals surface area contributed by atoms with Crippen LogP contribution in [0.4, 0.5) is 43.9 Å². The van der Waals surface area contributed by atoms with E-state index in [1.165, 1.54) is 30.3 Å². The molecule has 12 heteroatoms. The maximum absolute atomic E-state index is 15.0. The normalized spacial score (nSPS) is 12.0. The second-order valence-corrected chi connectivity index (χ2v) is 11.0. The Bertz CT molecular complexity index is 1870. The van der Waals surface area contributed by atoms with E-state index in [1.807, 2.05) is 0 Å². The van der Waals surface area contributed by atoms with Crippen molar-refractivity contribution in [3.05, 3.63) is 131 Å². The first kappa shape index (κ1) is 34.5. The Morgan fingerprint density at radius 1 is 0.583 bits per heavy atom. The average molecular weight is 678 g/mol. The number of alkyl halides is 5. The van der Waals surface area contributed by atoms with Gasteiger partial charge in [-0.05, 0) is 77.6 Å². The van der Waals surface area contributed by atoms with Gasteiger partial charge in [0.15, 0.2) is 0 Å². The molecule has 0 aliphatic rings. The van der Waals surface area contributed by atoms with Crippen molar-refractivity contribution in [1.29, 1.82) is 0 Å². The minimum absolute atomic E-state index is 0.0698. The number of benzene rings is 4. The van der Waals surface area contributed by atoms with Crippen molar-refractivity contribution in [2.24, 2.45) is 0 Å². The summed E-state index contributed by atoms with van der Waals surface area (Å²) in [4.78, 5) is 4.19. The molecule has 0 unspecified atom stereocenters. The van der Waals surface area contributed by atoms with Crippen molar-refractivity contribution in [2.45, 2.75) is 44.9 Å². The molecule has 0 aliphatic carbocycles. The fourth-order valence-corrected chi connectivity index (χ4v) is 5.17. The lowest BCUT2D eigenvalue weighted by atomic mass is 9.98. The van der Waals surface area contributed by atoms with Gasteiger partial charge in [-0.2, -0.15) is 22.0 Å². The van der Waals surface area contributed by atoms with Gasteiger partial charge in [0.1, 0.15) is 46.0 Å². The molecule has 0 bridgehead atoms. The van der Waals surface area contributed by atoms with Gasteiger partial charge in [-0.3, -0.25) is 4.98 Å². The molecule has 0 amide bonds. The number of unbranched alkanes of at least 4 members (excludes halogenated alkanes) is 2. The Hall–Kier alpha value is -4.87. The highest BCUT2D eigenvalue weighted by Crippen LogP contribution is 2.39. The number of nitrogens with zero attached hydrogens (tertiary/aromatic N) is 1. The Balaban J connectivity index is 1.32. The van der Waals surface area contributed by atoms with Crippen LogP contribution in [-0.2, 0) is 18.7 Å². The number of pyridine rings is 1. The van der Waals surface area contributed by atoms with Crippen LogP contribution in [0, 0.1) is 29.1 Å². The number of hydrogen-bond donors (Lipinski definition) is 0. The highest BCUT2D eigenvalue weighted by Gasteiger charge is 2.41. The van der Waals surface area contributed by atoms with E-state index in [0.29, 0.717) is 30.3 Å². The van der Waals surface area contributed by atoms with Gasteiger partial charge >= 0.3 is 12.3 Å². The number of ether oxygens (including phenoxy) is 1. The van der Waals surface area contributed by atoms with Crippen LogP contribution in [0.25, 0.3) is 33.5 Å². The number of aryl methyl sites for hydroxylation is 1. The Morgan fingerprint density at radius 2 is 1.17 bits per heavy atom. The maximum Gasteiger partial charge on any atom is 0.432 e. The summed E-state index contributed by atoms with van der Waals surface area (Å²) in [5.74, 6) is -8.64. The summed E-state index contributed by atoms with van der Waals surface area (Å²) in [6.07, 6.45) is -4.44. The first-order chi connectivity index (χ1) is 22.7. The predicted molar refractivity (Wildman–Crippen MR) is 160 cm³/mol. The monoisotopic (exact) mass is 677 g/mol. The Labute approximate surface area is 268 Å². The zero-order valence-electron chi connectivity index (χ0n) is 25.0. The summed E-state index contributed by atoms with van der Waals surface area (Å²) < 4.78 is 146. The third-order valence-electron chi connectivity index (χ3n) is 7.56. The molecule has 0 aliphatic heterocycles. The van der Waals surface area contributed by atoms with Crippen molar-refractivity contribution in [1.82, 2.24) is 4.98 Å². The topological polar surface area (TPSA) is 22.1 Å². The molecule has 0 radical (unpaired) electrons. The summed E-state index contributed by atoms with van der Waals surface area (Å²) in [6, 6.07) is 13.4. The van der Waals surface area contributed by atoms with E-state index in [2.05, 4.69) is 16.6 Å². The van der Waals surface area contributed by atoms with Gasteiger partial charge in [0, 0.05) is 23.4 Å². The van der Waals surface area contributed by atoms with E-state index in [-0.39, 0.29) is 33.5 Å². The summed E-state index contributed by atoms with van der Waals surface area (Å²) in [7, 11) is 0. The van der Waals surface area contributed by atoms with Gasteiger partial charge < -0.3 is 4.74 Å². The first-order valence-electron chi connectivity index (χ1n) is 14.7. The summed E-state index contributed by atoms with van der Waals surface area (Å²) in [5, 5.41) is 0. The van der Waals surface area contributed by atoms with Crippen molar-refractivity contribution in [3.8, 4) is 39.3 Å². The molecule has 48 heavy (non-hydrogen) atoms. The minimum atomic E-state index is -5.24. The van der Waals surface area contributed by atoms with E-state index in [1.54, 1.807) is 12.3 Å². The van der Waals surface area contributed by atoms with Crippen LogP contribution in [0.2, 0.25) is 0 Å². The highest BCUT2D eigenvalue weighted by atomic mass is 19.4. The molecule has 2 nitrogen and oxygen atoms in total. The minimum Gasteiger partial charge on any atom is -0.429 e. The van der Waals surface area contributed by atoms with Gasteiger partial charge in [0.25, 0.3) is 0 Å². The summed E-state index contributed by atoms with van der Waals surface area (Å²) >= 11 is 0. The molecular formula is C36H25F10NO. The number of hydrogen-bond acceptors (Lipinski definition) is 2. The maximum atomic E-state index is 15.0. The molecule has 0 atom stereocenters. The quantitative estimate of drug-likeness (QED) is 0.108. The highest BCUT2D eigenvalue weighted by molar-refractivity contribution is 5.71. The van der Waals surface area contributed by atoms with Crippen molar-refractivity contribution >= 4 is 0 Å². The van der Waals surface area contributed by atoms with Crippen LogP contribution in [0.3, 0.4) is 0 Å². The van der Waals surface area contributed by atoms with Crippen LogP contribution in [-0.4, -0.2) is 4.98 Å². The standard InChI is InChI=1S/C36H25F10NO/c1-2-3-4-5-20-6-13-32(47-19-20)24-16-30(40)34(31(41)17-24)36(45,46)48-25-11-12-26(27(37)18-25)22-9-7-21(8-10-22)23-14-28(38)33(29(39)15-23)35(42,43)44/h6-19H,2-5H2,1H3. The molecule has 5 rings (SSSR count). The molecule has 0 spiro atoms. The largest absolute Gasteiger partial charge is 0.432 e. The smallest absolute Gasteiger partial charge is 0.429 e. The molecule has 1 heterocycles. The fourth-order valence-electron chi connectivity index (χ4n) is 5.17. The third-order valence-corrected chi connectivity index (χ3v) is 7.56. The molecular weight excluding hydrogens is 652 g/mol. The second-order valence-electron chi connectivity index (χ2n) is 11.0. The van der Waals surface area contributed by atoms with Crippen molar-refractivity contribution < 1.29 is 48.6 Å². The number of aromatic nitrogens is 1. The zero-order valence-corrected chi connectivity index (χ0v) is 25.0. The molecule has 250 valence electrons. The summed E-state index contributed by atoms with van der Waals surface area (Å²) in [5.41, 5.74) is -2.76. The van der Waals surface area contributed by atoms with Crippen molar-refractivity contribution in [2.75, 3.05) is 0 Å². The van der Waals surface area contributed by atoms with Gasteiger partial charge in [-0.25, -0.2) is 22.0 Å². The predicted octanol–water partition coefficient (Wildman–Crippen LogP) is 11.7. The van der Waals surface area contributed by atoms with Crippen LogP contribution >= 0.6 is 0 Å². The Morgan fingerprint density at radius 3 is 1.71 bits per heavy atom. The third kappa shape index (κ3) is 7.48. The molecule has 0 fully saturated rings. The van der Waals surface area contributed by atoms with Crippen LogP contribution in [0.5, 0.6) is 5.75 Å². The molecule has 1 aromatic heterocycles. The Kier molecular flexibility index (Phi) is 9.84. The van der Waals surface area contributed by atoms with Gasteiger partial charge in [-0.1, -0.05) is 50.1 Å². The molecule has 0 saturated carbocycles. The molecule has 4 aromatic carbocycles. The molecule has 0 saturated heterocycles. The average Bonchev–Trinajstić information content (AvgIpc) is 3.00. The zero-order chi connectivity index (χ0) is 34.8. The lowest BCUT2D eigenvalue weighted by molar-refractivity contribution is -0.189. The van der Waals surface area contributed by atoms with E-state index < -0.39 is 58.2 Å².